The van der Waals surface area contributed by atoms with Crippen LogP contribution in [-0.2, 0) is 47.9 Å². The minimum atomic E-state index is -1.13. The summed E-state index contributed by atoms with van der Waals surface area (Å²) >= 11 is 0. The number of likely N-dealkylation sites (tertiary alicyclic amines) is 1. The third-order valence-electron chi connectivity index (χ3n) is 6.61. The highest BCUT2D eigenvalue weighted by Gasteiger charge is 2.45. The molecule has 0 radical (unpaired) electrons. The minimum Gasteiger partial charge on any atom is -0.494 e. The molecule has 1 aliphatic heterocycles. The first kappa shape index (κ1) is 35.7. The molecule has 1 aliphatic rings. The van der Waals surface area contributed by atoms with E-state index in [0.717, 1.165) is 6.92 Å². The molecule has 0 aliphatic carbocycles. The van der Waals surface area contributed by atoms with Crippen molar-refractivity contribution in [2.45, 2.75) is 45.3 Å². The molecule has 250 valence electrons. The van der Waals surface area contributed by atoms with Gasteiger partial charge in [0.2, 0.25) is 11.8 Å². The summed E-state index contributed by atoms with van der Waals surface area (Å²) in [7, 11) is 2.37. The molecule has 0 saturated carbocycles. The van der Waals surface area contributed by atoms with Gasteiger partial charge in [0.15, 0.2) is 11.8 Å². The summed E-state index contributed by atoms with van der Waals surface area (Å²) in [6.45, 7) is 3.59. The molecule has 1 saturated heterocycles. The predicted octanol–water partition coefficient (Wildman–Crippen LogP) is 0.567. The van der Waals surface area contributed by atoms with E-state index in [1.807, 2.05) is 0 Å². The smallest absolute Gasteiger partial charge is 0.333 e. The molecule has 2 aromatic carbocycles. The fourth-order valence-electron chi connectivity index (χ4n) is 4.43. The topological polar surface area (TPSA) is 205 Å². The van der Waals surface area contributed by atoms with Gasteiger partial charge < -0.3 is 39.3 Å². The number of amides is 3. The average molecular weight is 655 g/mol. The van der Waals surface area contributed by atoms with Crippen LogP contribution in [0.1, 0.15) is 44.4 Å². The molecule has 3 amide bonds. The summed E-state index contributed by atoms with van der Waals surface area (Å²) in [5, 5.41) is 8.67. The number of rotatable bonds is 14. The van der Waals surface area contributed by atoms with Crippen molar-refractivity contribution in [3.8, 4) is 11.5 Å². The van der Waals surface area contributed by atoms with Crippen LogP contribution in [0.4, 0.5) is 0 Å². The van der Waals surface area contributed by atoms with Crippen molar-refractivity contribution < 1.29 is 57.3 Å². The molecule has 16 nitrogen and oxygen atoms in total. The van der Waals surface area contributed by atoms with Gasteiger partial charge in [-0.3, -0.25) is 19.2 Å². The molecule has 3 rings (SSSR count). The average Bonchev–Trinajstić information content (AvgIpc) is 3.03. The van der Waals surface area contributed by atoms with Crippen LogP contribution in [0, 0.1) is 0 Å². The maximum Gasteiger partial charge on any atom is 0.333 e. The van der Waals surface area contributed by atoms with Gasteiger partial charge in [-0.2, -0.15) is 0 Å². The van der Waals surface area contributed by atoms with E-state index in [1.54, 1.807) is 0 Å². The lowest BCUT2D eigenvalue weighted by Crippen LogP contribution is -2.66. The largest absolute Gasteiger partial charge is 0.494 e. The molecule has 1 fully saturated rings. The zero-order valence-corrected chi connectivity index (χ0v) is 26.3. The van der Waals surface area contributed by atoms with Gasteiger partial charge in [-0.05, 0) is 42.0 Å². The number of carbonyl (C=O) groups excluding carboxylic acids is 7. The van der Waals surface area contributed by atoms with Crippen molar-refractivity contribution in [1.29, 1.82) is 0 Å². The van der Waals surface area contributed by atoms with E-state index in [2.05, 4.69) is 20.5 Å². The van der Waals surface area contributed by atoms with Gasteiger partial charge in [0.05, 0.1) is 27.4 Å². The molecule has 2 N–H and O–H groups in total. The number of ether oxygens (including phenoxy) is 4. The first-order valence-electron chi connectivity index (χ1n) is 14.2. The number of carbonyl (C=O) groups is 7. The van der Waals surface area contributed by atoms with Crippen molar-refractivity contribution >= 4 is 47.3 Å². The molecule has 3 unspecified atom stereocenters. The number of hydrogen-bond donors (Lipinski definition) is 2. The number of benzene rings is 2. The fraction of sp³-hybridized carbons (Fsp3) is 0.355. The van der Waals surface area contributed by atoms with E-state index in [1.165, 1.54) is 81.5 Å². The predicted molar refractivity (Wildman–Crippen MR) is 161 cm³/mol. The first-order valence-corrected chi connectivity index (χ1v) is 14.2. The summed E-state index contributed by atoms with van der Waals surface area (Å²) < 4.78 is 20.2. The maximum absolute atomic E-state index is 13.2. The van der Waals surface area contributed by atoms with E-state index >= 15 is 0 Å². The molecule has 1 heterocycles. The van der Waals surface area contributed by atoms with E-state index in [4.69, 9.17) is 19.0 Å². The number of esters is 3. The number of hydrogen-bond acceptors (Lipinski definition) is 13. The lowest BCUT2D eigenvalue weighted by atomic mass is 9.97. The van der Waals surface area contributed by atoms with Crippen LogP contribution in [0.15, 0.2) is 53.7 Å². The van der Waals surface area contributed by atoms with Crippen LogP contribution in [0.25, 0.3) is 0 Å². The van der Waals surface area contributed by atoms with Gasteiger partial charge in [0.1, 0.15) is 23.6 Å². The van der Waals surface area contributed by atoms with Gasteiger partial charge in [-0.1, -0.05) is 17.3 Å². The Labute approximate surface area is 269 Å². The highest BCUT2D eigenvalue weighted by molar-refractivity contribution is 6.45. The number of methoxy groups -OCH3 is 2. The second-order valence-corrected chi connectivity index (χ2v) is 10.1. The normalized spacial score (nSPS) is 15.3. The molecule has 3 atom stereocenters. The summed E-state index contributed by atoms with van der Waals surface area (Å²) in [6.07, 6.45) is 0.123. The number of nitrogens with zero attached hydrogens (tertiary/aromatic N) is 2. The summed E-state index contributed by atoms with van der Waals surface area (Å²) in [5.41, 5.74) is 0.284. The van der Waals surface area contributed by atoms with Gasteiger partial charge in [0, 0.05) is 32.8 Å². The number of nitrogens with one attached hydrogen (secondary N) is 2. The van der Waals surface area contributed by atoms with Crippen LogP contribution in [0.3, 0.4) is 0 Å². The SMILES string of the molecule is COC(=O)C(CCOc1ccc(/C(=N\OC(C)=O)C(=O)NC2CN(C(C(=O)OC)c3ccc(OC(C)=O)cc3)C2=O)cc1)NC(C)=O. The molecule has 16 heteroatoms. The lowest BCUT2D eigenvalue weighted by Gasteiger charge is -2.42. The minimum absolute atomic E-state index is 0.0392. The van der Waals surface area contributed by atoms with Crippen LogP contribution in [0.5, 0.6) is 11.5 Å². The third kappa shape index (κ3) is 9.84. The summed E-state index contributed by atoms with van der Waals surface area (Å²) in [4.78, 5) is 90.8. The van der Waals surface area contributed by atoms with Crippen LogP contribution in [-0.4, -0.2) is 91.7 Å². The van der Waals surface area contributed by atoms with Crippen molar-refractivity contribution in [3.05, 3.63) is 59.7 Å². The van der Waals surface area contributed by atoms with E-state index in [-0.39, 0.29) is 36.6 Å². The van der Waals surface area contributed by atoms with Gasteiger partial charge in [-0.15, -0.1) is 0 Å². The van der Waals surface area contributed by atoms with E-state index in [9.17, 15) is 33.6 Å². The zero-order valence-electron chi connectivity index (χ0n) is 26.3. The highest BCUT2D eigenvalue weighted by atomic mass is 16.7. The summed E-state index contributed by atoms with van der Waals surface area (Å²) in [5.74, 6) is -3.89. The van der Waals surface area contributed by atoms with E-state index < -0.39 is 59.7 Å². The second kappa shape index (κ2) is 16.5. The highest BCUT2D eigenvalue weighted by Crippen LogP contribution is 2.30. The van der Waals surface area contributed by atoms with Crippen LogP contribution in [0.2, 0.25) is 0 Å². The van der Waals surface area contributed by atoms with Crippen molar-refractivity contribution in [3.63, 3.8) is 0 Å². The fourth-order valence-corrected chi connectivity index (χ4v) is 4.43. The number of β-lactam (4-membered cyclic amide) rings is 1. The Kier molecular flexibility index (Phi) is 12.5. The maximum atomic E-state index is 13.2. The molecule has 2 aromatic rings. The van der Waals surface area contributed by atoms with Crippen molar-refractivity contribution in [2.75, 3.05) is 27.4 Å². The summed E-state index contributed by atoms with van der Waals surface area (Å²) in [6, 6.07) is 8.82. The monoisotopic (exact) mass is 654 g/mol. The van der Waals surface area contributed by atoms with Gasteiger partial charge in [0.25, 0.3) is 5.91 Å². The standard InChI is InChI=1S/C31H34N4O12/c1-17(36)32-24(30(41)43-4)14-15-45-22-10-6-20(7-11-22)26(34-47-19(3)38)28(39)33-25-16-35(29(25)40)27(31(42)44-5)21-8-12-23(13-9-21)46-18(2)37/h6-13,24-25,27H,14-16H2,1-5H3,(H,32,36)(H,33,39)/b34-26+. The Hall–Kier alpha value is -5.80. The van der Waals surface area contributed by atoms with Crippen LogP contribution < -0.4 is 20.1 Å². The first-order chi connectivity index (χ1) is 22.3. The molecule has 0 aromatic heterocycles. The third-order valence-corrected chi connectivity index (χ3v) is 6.61. The molecule has 0 spiro atoms. The van der Waals surface area contributed by atoms with Crippen molar-refractivity contribution in [1.82, 2.24) is 15.5 Å². The lowest BCUT2D eigenvalue weighted by molar-refractivity contribution is -0.161. The van der Waals surface area contributed by atoms with Crippen molar-refractivity contribution in [2.24, 2.45) is 5.16 Å². The Balaban J connectivity index is 1.69. The molecular weight excluding hydrogens is 620 g/mol. The molecular formula is C31H34N4O12. The zero-order chi connectivity index (χ0) is 34.7. The molecule has 0 bridgehead atoms. The van der Waals surface area contributed by atoms with Crippen LogP contribution >= 0.6 is 0 Å². The number of oxime groups is 1. The quantitative estimate of drug-likeness (QED) is 0.0716. The Morgan fingerprint density at radius 1 is 0.872 bits per heavy atom. The van der Waals surface area contributed by atoms with Gasteiger partial charge >= 0.3 is 23.9 Å². The Bertz CT molecular complexity index is 1540. The van der Waals surface area contributed by atoms with E-state index in [0.29, 0.717) is 11.3 Å². The molecule has 47 heavy (non-hydrogen) atoms. The Morgan fingerprint density at radius 3 is 2.02 bits per heavy atom. The van der Waals surface area contributed by atoms with Gasteiger partial charge in [-0.25, -0.2) is 14.4 Å². The second-order valence-electron chi connectivity index (χ2n) is 10.1. The Morgan fingerprint density at radius 2 is 1.49 bits per heavy atom.